The highest BCUT2D eigenvalue weighted by Gasteiger charge is 2.41. The van der Waals surface area contributed by atoms with E-state index in [0.29, 0.717) is 13.0 Å². The number of hydrogen-bond acceptors (Lipinski definition) is 5. The molecule has 0 saturated carbocycles. The highest BCUT2D eigenvalue weighted by Crippen LogP contribution is 2.23. The van der Waals surface area contributed by atoms with Crippen molar-refractivity contribution in [3.63, 3.8) is 0 Å². The van der Waals surface area contributed by atoms with Crippen molar-refractivity contribution >= 4 is 9.84 Å². The highest BCUT2D eigenvalue weighted by molar-refractivity contribution is 7.91. The Morgan fingerprint density at radius 1 is 1.56 bits per heavy atom. The maximum atomic E-state index is 11.5. The van der Waals surface area contributed by atoms with E-state index >= 15 is 0 Å². The molecule has 0 aliphatic carbocycles. The third kappa shape index (κ3) is 3.69. The van der Waals surface area contributed by atoms with Gasteiger partial charge in [-0.1, -0.05) is 0 Å². The summed E-state index contributed by atoms with van der Waals surface area (Å²) in [4.78, 5) is 0. The van der Waals surface area contributed by atoms with Gasteiger partial charge in [0, 0.05) is 24.7 Å². The minimum absolute atomic E-state index is 0.139. The van der Waals surface area contributed by atoms with Gasteiger partial charge in [0.25, 0.3) is 0 Å². The predicted octanol–water partition coefficient (Wildman–Crippen LogP) is -0.747. The summed E-state index contributed by atoms with van der Waals surface area (Å²) in [5, 5.41) is 12.0. The second-order valence-corrected chi connectivity index (χ2v) is 6.92. The molecule has 0 aromatic heterocycles. The summed E-state index contributed by atoms with van der Waals surface area (Å²) >= 11 is 0. The van der Waals surface area contributed by atoms with E-state index in [-0.39, 0.29) is 24.2 Å². The molecule has 1 aliphatic rings. The van der Waals surface area contributed by atoms with E-state index in [0.717, 1.165) is 12.8 Å². The lowest BCUT2D eigenvalue weighted by Crippen LogP contribution is -2.55. The van der Waals surface area contributed by atoms with Crippen LogP contribution in [0.25, 0.3) is 0 Å². The molecule has 0 aromatic rings. The first kappa shape index (κ1) is 13.9. The van der Waals surface area contributed by atoms with Crippen LogP contribution in [-0.4, -0.2) is 49.8 Å². The number of sulfone groups is 1. The van der Waals surface area contributed by atoms with Crippen molar-refractivity contribution < 1.29 is 13.5 Å². The van der Waals surface area contributed by atoms with Crippen molar-refractivity contribution in [2.75, 3.05) is 24.7 Å². The number of hydrogen-bond donors (Lipinski definition) is 3. The summed E-state index contributed by atoms with van der Waals surface area (Å²) in [5.41, 5.74) is 5.24. The van der Waals surface area contributed by atoms with Gasteiger partial charge in [-0.05, 0) is 26.2 Å². The Labute approximate surface area is 97.3 Å². The van der Waals surface area contributed by atoms with Crippen LogP contribution < -0.4 is 11.1 Å². The van der Waals surface area contributed by atoms with Gasteiger partial charge in [-0.15, -0.1) is 0 Å². The van der Waals surface area contributed by atoms with Gasteiger partial charge in [-0.25, -0.2) is 8.42 Å². The fourth-order valence-corrected chi connectivity index (χ4v) is 4.28. The molecule has 16 heavy (non-hydrogen) atoms. The van der Waals surface area contributed by atoms with Crippen LogP contribution in [-0.2, 0) is 9.84 Å². The minimum Gasteiger partial charge on any atom is -0.396 e. The highest BCUT2D eigenvalue weighted by atomic mass is 32.2. The van der Waals surface area contributed by atoms with Gasteiger partial charge in [0.05, 0.1) is 11.5 Å². The molecular formula is C10H22N2O3S. The Morgan fingerprint density at radius 3 is 2.69 bits per heavy atom. The van der Waals surface area contributed by atoms with E-state index in [1.807, 2.05) is 6.92 Å². The lowest BCUT2D eigenvalue weighted by Gasteiger charge is -2.31. The smallest absolute Gasteiger partial charge is 0.152 e. The van der Waals surface area contributed by atoms with Crippen LogP contribution in [0.15, 0.2) is 0 Å². The monoisotopic (exact) mass is 250 g/mol. The van der Waals surface area contributed by atoms with Crippen molar-refractivity contribution in [3.05, 3.63) is 0 Å². The quantitative estimate of drug-likeness (QED) is 0.577. The van der Waals surface area contributed by atoms with Gasteiger partial charge < -0.3 is 16.2 Å². The lowest BCUT2D eigenvalue weighted by molar-refractivity contribution is 0.262. The first-order valence-corrected chi connectivity index (χ1v) is 7.54. The second-order valence-electron chi connectivity index (χ2n) is 4.74. The molecular weight excluding hydrogens is 228 g/mol. The first-order chi connectivity index (χ1) is 7.43. The Morgan fingerprint density at radius 2 is 2.25 bits per heavy atom. The minimum atomic E-state index is -2.92. The topological polar surface area (TPSA) is 92.4 Å². The van der Waals surface area contributed by atoms with Crippen molar-refractivity contribution in [1.82, 2.24) is 5.32 Å². The summed E-state index contributed by atoms with van der Waals surface area (Å²) < 4.78 is 22.9. The predicted molar refractivity (Wildman–Crippen MR) is 64.0 cm³/mol. The number of nitrogens with two attached hydrogens (primary N) is 1. The molecule has 2 atom stereocenters. The maximum Gasteiger partial charge on any atom is 0.152 e. The number of aliphatic hydroxyl groups is 1. The molecule has 1 heterocycles. The van der Waals surface area contributed by atoms with Crippen LogP contribution in [0, 0.1) is 0 Å². The average Bonchev–Trinajstić information content (AvgIpc) is 2.52. The lowest BCUT2D eigenvalue weighted by atomic mass is 9.97. The summed E-state index contributed by atoms with van der Waals surface area (Å²) in [7, 11) is -2.92. The SMILES string of the molecule is CC(CCCO)NC1(CN)CCS(=O)(=O)C1. The van der Waals surface area contributed by atoms with Gasteiger partial charge in [0.2, 0.25) is 0 Å². The van der Waals surface area contributed by atoms with Gasteiger partial charge in [-0.2, -0.15) is 0 Å². The standard InChI is InChI=1S/C10H22N2O3S/c1-9(3-2-5-13)12-10(7-11)4-6-16(14,15)8-10/h9,12-13H,2-8,11H2,1H3. The Hall–Kier alpha value is -0.170. The molecule has 0 bridgehead atoms. The number of nitrogens with one attached hydrogen (secondary N) is 1. The van der Waals surface area contributed by atoms with Crippen molar-refractivity contribution in [2.24, 2.45) is 5.73 Å². The molecule has 6 heteroatoms. The van der Waals surface area contributed by atoms with Crippen LogP contribution >= 0.6 is 0 Å². The second kappa shape index (κ2) is 5.44. The van der Waals surface area contributed by atoms with Crippen LogP contribution in [0.5, 0.6) is 0 Å². The normalized spacial score (nSPS) is 30.4. The molecule has 1 rings (SSSR count). The number of rotatable bonds is 6. The van der Waals surface area contributed by atoms with Gasteiger partial charge in [-0.3, -0.25) is 0 Å². The fraction of sp³-hybridized carbons (Fsp3) is 1.00. The van der Waals surface area contributed by atoms with Crippen LogP contribution in [0.2, 0.25) is 0 Å². The van der Waals surface area contributed by atoms with Crippen LogP contribution in [0.1, 0.15) is 26.2 Å². The van der Waals surface area contributed by atoms with Crippen LogP contribution in [0.3, 0.4) is 0 Å². The zero-order valence-corrected chi connectivity index (χ0v) is 10.6. The summed E-state index contributed by atoms with van der Waals surface area (Å²) in [6, 6.07) is 0.184. The largest absolute Gasteiger partial charge is 0.396 e. The Kier molecular flexibility index (Phi) is 4.73. The van der Waals surface area contributed by atoms with Crippen LogP contribution in [0.4, 0.5) is 0 Å². The summed E-state index contributed by atoms with van der Waals surface area (Å²) in [6.07, 6.45) is 2.15. The molecule has 5 nitrogen and oxygen atoms in total. The molecule has 0 spiro atoms. The Balaban J connectivity index is 2.55. The molecule has 0 aromatic carbocycles. The van der Waals surface area contributed by atoms with Gasteiger partial charge in [0.1, 0.15) is 0 Å². The van der Waals surface area contributed by atoms with Crippen molar-refractivity contribution in [2.45, 2.75) is 37.8 Å². The summed E-state index contributed by atoms with van der Waals surface area (Å²) in [6.45, 7) is 2.51. The fourth-order valence-electron chi connectivity index (χ4n) is 2.24. The van der Waals surface area contributed by atoms with Gasteiger partial charge >= 0.3 is 0 Å². The molecule has 1 fully saturated rings. The third-order valence-corrected chi connectivity index (χ3v) is 4.94. The zero-order valence-electron chi connectivity index (χ0n) is 9.78. The average molecular weight is 250 g/mol. The van der Waals surface area contributed by atoms with E-state index in [1.165, 1.54) is 0 Å². The molecule has 0 radical (unpaired) electrons. The van der Waals surface area contributed by atoms with Crippen molar-refractivity contribution in [1.29, 1.82) is 0 Å². The molecule has 1 saturated heterocycles. The third-order valence-electron chi connectivity index (χ3n) is 3.13. The van der Waals surface area contributed by atoms with E-state index in [2.05, 4.69) is 5.32 Å². The van der Waals surface area contributed by atoms with E-state index in [1.54, 1.807) is 0 Å². The molecule has 1 aliphatic heterocycles. The summed E-state index contributed by atoms with van der Waals surface area (Å²) in [5.74, 6) is 0.365. The van der Waals surface area contributed by atoms with E-state index in [4.69, 9.17) is 10.8 Å². The molecule has 0 amide bonds. The zero-order chi connectivity index (χ0) is 12.2. The first-order valence-electron chi connectivity index (χ1n) is 5.72. The number of aliphatic hydroxyl groups excluding tert-OH is 1. The molecule has 2 unspecified atom stereocenters. The van der Waals surface area contributed by atoms with Gasteiger partial charge in [0.15, 0.2) is 9.84 Å². The van der Waals surface area contributed by atoms with Crippen molar-refractivity contribution in [3.8, 4) is 0 Å². The molecule has 96 valence electrons. The van der Waals surface area contributed by atoms with E-state index < -0.39 is 15.4 Å². The Bertz CT molecular complexity index is 318. The van der Waals surface area contributed by atoms with E-state index in [9.17, 15) is 8.42 Å². The molecule has 4 N–H and O–H groups in total. The maximum absolute atomic E-state index is 11.5.